The van der Waals surface area contributed by atoms with E-state index in [1.165, 1.54) is 32.1 Å². The molecule has 0 aliphatic rings. The Labute approximate surface area is 152 Å². The zero-order valence-corrected chi connectivity index (χ0v) is 17.9. The lowest BCUT2D eigenvalue weighted by Gasteiger charge is -2.20. The molecule has 0 saturated heterocycles. The first kappa shape index (κ1) is 26.1. The zero-order valence-electron chi connectivity index (χ0n) is 17.9. The van der Waals surface area contributed by atoms with Crippen molar-refractivity contribution in [1.29, 1.82) is 0 Å². The van der Waals surface area contributed by atoms with Gasteiger partial charge in [0.25, 0.3) is 0 Å². The molecule has 0 nitrogen and oxygen atoms in total. The fourth-order valence-electron chi connectivity index (χ4n) is 2.48. The Morgan fingerprint density at radius 2 is 0.875 bits per heavy atom. The van der Waals surface area contributed by atoms with Gasteiger partial charge in [-0.05, 0) is 24.2 Å². The maximum atomic E-state index is 13.1. The minimum Gasteiger partial charge on any atom is -0.207 e. The average molecular weight is 349 g/mol. The molecule has 0 aromatic carbocycles. The largest absolute Gasteiger partial charge is 0.250 e. The average Bonchev–Trinajstić information content (AvgIpc) is 2.43. The van der Waals surface area contributed by atoms with E-state index in [1.807, 2.05) is 0 Å². The van der Waals surface area contributed by atoms with E-state index < -0.39 is 11.8 Å². The molecule has 0 aromatic rings. The number of halogens is 2. The molecule has 24 heavy (non-hydrogen) atoms. The number of unbranched alkanes of at least 4 members (excludes halogenated alkanes) is 3. The van der Waals surface area contributed by atoms with Gasteiger partial charge in [-0.1, -0.05) is 100 Å². The fourth-order valence-corrected chi connectivity index (χ4v) is 2.48. The van der Waals surface area contributed by atoms with Gasteiger partial charge in [-0.15, -0.1) is 0 Å². The van der Waals surface area contributed by atoms with Gasteiger partial charge in [0.1, 0.15) is 0 Å². The summed E-state index contributed by atoms with van der Waals surface area (Å²) in [6, 6.07) is 0. The molecule has 0 aliphatic heterocycles. The van der Waals surface area contributed by atoms with Crippen LogP contribution < -0.4 is 0 Å². The van der Waals surface area contributed by atoms with Gasteiger partial charge in [0.05, 0.1) is 0 Å². The van der Waals surface area contributed by atoms with Crippen LogP contribution in [-0.4, -0.2) is 5.92 Å². The molecule has 2 heteroatoms. The van der Waals surface area contributed by atoms with Crippen LogP contribution >= 0.6 is 0 Å². The number of rotatable bonds is 12. The summed E-state index contributed by atoms with van der Waals surface area (Å²) in [6.45, 7) is 16.7. The molecule has 0 atom stereocenters. The van der Waals surface area contributed by atoms with Crippen molar-refractivity contribution in [3.8, 4) is 0 Å². The van der Waals surface area contributed by atoms with Gasteiger partial charge in [-0.3, -0.25) is 0 Å². The number of alkyl halides is 2. The van der Waals surface area contributed by atoms with Crippen LogP contribution in [0.15, 0.2) is 0 Å². The lowest BCUT2D eigenvalue weighted by Crippen LogP contribution is -2.23. The molecule has 0 radical (unpaired) electrons. The van der Waals surface area contributed by atoms with Crippen molar-refractivity contribution >= 4 is 0 Å². The summed E-state index contributed by atoms with van der Waals surface area (Å²) < 4.78 is 26.1. The summed E-state index contributed by atoms with van der Waals surface area (Å²) >= 11 is 0. The second-order valence-corrected chi connectivity index (χ2v) is 8.98. The third-order valence-electron chi connectivity index (χ3n) is 4.45. The quantitative estimate of drug-likeness (QED) is 0.309. The minimum atomic E-state index is -2.46. The van der Waals surface area contributed by atoms with Gasteiger partial charge >= 0.3 is 0 Å². The fraction of sp³-hybridized carbons (Fsp3) is 1.00. The van der Waals surface area contributed by atoms with Crippen LogP contribution in [-0.2, 0) is 0 Å². The van der Waals surface area contributed by atoms with Crippen LogP contribution in [0.2, 0.25) is 0 Å². The van der Waals surface area contributed by atoms with E-state index in [-0.39, 0.29) is 6.42 Å². The van der Waals surface area contributed by atoms with Gasteiger partial charge in [0.2, 0.25) is 5.92 Å². The molecule has 0 unspecified atom stereocenters. The first-order valence-corrected chi connectivity index (χ1v) is 10.4. The molecule has 0 saturated carbocycles. The third kappa shape index (κ3) is 19.9. The summed E-state index contributed by atoms with van der Waals surface area (Å²) in [5.41, 5.74) is 0. The molecular formula is C22H46F2. The summed E-state index contributed by atoms with van der Waals surface area (Å²) in [5, 5.41) is 0. The topological polar surface area (TPSA) is 0 Å². The van der Waals surface area contributed by atoms with Crippen molar-refractivity contribution < 1.29 is 8.78 Å². The maximum Gasteiger partial charge on any atom is 0.250 e. The monoisotopic (exact) mass is 348 g/mol. The first-order valence-electron chi connectivity index (χ1n) is 10.4. The van der Waals surface area contributed by atoms with Crippen LogP contribution in [0.1, 0.15) is 113 Å². The molecule has 0 aromatic heterocycles. The molecular weight excluding hydrogens is 302 g/mol. The van der Waals surface area contributed by atoms with Gasteiger partial charge < -0.3 is 0 Å². The van der Waals surface area contributed by atoms with Crippen molar-refractivity contribution in [2.75, 3.05) is 0 Å². The predicted molar refractivity (Wildman–Crippen MR) is 106 cm³/mol. The van der Waals surface area contributed by atoms with E-state index >= 15 is 0 Å². The summed E-state index contributed by atoms with van der Waals surface area (Å²) in [6.07, 6.45) is 9.84. The van der Waals surface area contributed by atoms with Crippen LogP contribution in [0.5, 0.6) is 0 Å². The lowest BCUT2D eigenvalue weighted by molar-refractivity contribution is -0.0541. The molecule has 0 amide bonds. The first-order chi connectivity index (χ1) is 11.0. The Morgan fingerprint density at radius 1 is 0.542 bits per heavy atom. The third-order valence-corrected chi connectivity index (χ3v) is 4.45. The SMILES string of the molecule is CC(C)CCCCC(F)(F)C(C)C.CC(C)CCCCCC(C)C. The van der Waals surface area contributed by atoms with E-state index in [4.69, 9.17) is 0 Å². The standard InChI is InChI=1S/C11H22F2.C11H24/c1-9(2)7-5-6-8-11(12,13)10(3)4;1-10(2)8-6-5-7-9-11(3)4/h9-10H,5-8H2,1-4H3;10-11H,5-9H2,1-4H3. The Bertz CT molecular complexity index is 245. The molecule has 148 valence electrons. The van der Waals surface area contributed by atoms with Crippen molar-refractivity contribution in [1.82, 2.24) is 0 Å². The highest BCUT2D eigenvalue weighted by atomic mass is 19.3. The minimum absolute atomic E-state index is 0.0530. The predicted octanol–water partition coefficient (Wildman–Crippen LogP) is 8.74. The Balaban J connectivity index is 0. The highest BCUT2D eigenvalue weighted by molar-refractivity contribution is 4.70. The van der Waals surface area contributed by atoms with Crippen LogP contribution in [0, 0.1) is 23.7 Å². The molecule has 0 rings (SSSR count). The van der Waals surface area contributed by atoms with E-state index in [9.17, 15) is 8.78 Å². The van der Waals surface area contributed by atoms with Crippen LogP contribution in [0.25, 0.3) is 0 Å². The second kappa shape index (κ2) is 15.1. The van der Waals surface area contributed by atoms with Crippen LogP contribution in [0.3, 0.4) is 0 Å². The number of hydrogen-bond donors (Lipinski definition) is 0. The molecule has 0 aliphatic carbocycles. The van der Waals surface area contributed by atoms with Gasteiger partial charge in [0, 0.05) is 12.3 Å². The molecule has 0 fully saturated rings. The Kier molecular flexibility index (Phi) is 16.5. The van der Waals surface area contributed by atoms with Gasteiger partial charge in [-0.25, -0.2) is 8.78 Å². The van der Waals surface area contributed by atoms with Crippen molar-refractivity contribution in [3.63, 3.8) is 0 Å². The summed E-state index contributed by atoms with van der Waals surface area (Å²) in [4.78, 5) is 0. The zero-order chi connectivity index (χ0) is 19.2. The molecule has 0 N–H and O–H groups in total. The lowest BCUT2D eigenvalue weighted by atomic mass is 9.98. The van der Waals surface area contributed by atoms with E-state index in [0.29, 0.717) is 12.3 Å². The highest BCUT2D eigenvalue weighted by Gasteiger charge is 2.31. The normalized spacial score (nSPS) is 12.2. The van der Waals surface area contributed by atoms with Crippen LogP contribution in [0.4, 0.5) is 8.78 Å². The summed E-state index contributed by atoms with van der Waals surface area (Å²) in [5.74, 6) is -0.556. The summed E-state index contributed by atoms with van der Waals surface area (Å²) in [7, 11) is 0. The van der Waals surface area contributed by atoms with E-state index in [2.05, 4.69) is 41.5 Å². The van der Waals surface area contributed by atoms with Crippen molar-refractivity contribution in [2.45, 2.75) is 119 Å². The maximum absolute atomic E-state index is 13.1. The Morgan fingerprint density at radius 3 is 1.17 bits per heavy atom. The molecule has 0 heterocycles. The molecule has 0 bridgehead atoms. The molecule has 0 spiro atoms. The smallest absolute Gasteiger partial charge is 0.207 e. The van der Waals surface area contributed by atoms with E-state index in [1.54, 1.807) is 13.8 Å². The van der Waals surface area contributed by atoms with Gasteiger partial charge in [-0.2, -0.15) is 0 Å². The highest BCUT2D eigenvalue weighted by Crippen LogP contribution is 2.30. The Hall–Kier alpha value is -0.140. The van der Waals surface area contributed by atoms with Crippen molar-refractivity contribution in [2.24, 2.45) is 23.7 Å². The van der Waals surface area contributed by atoms with E-state index in [0.717, 1.165) is 24.7 Å². The second-order valence-electron chi connectivity index (χ2n) is 8.98. The number of hydrogen-bond acceptors (Lipinski definition) is 0. The van der Waals surface area contributed by atoms with Crippen molar-refractivity contribution in [3.05, 3.63) is 0 Å². The van der Waals surface area contributed by atoms with Gasteiger partial charge in [0.15, 0.2) is 0 Å².